The van der Waals surface area contributed by atoms with E-state index < -0.39 is 22.2 Å². The molecule has 5 rings (SSSR count). The third kappa shape index (κ3) is 2.42. The van der Waals surface area contributed by atoms with Crippen molar-refractivity contribution in [2.45, 2.75) is 65.2 Å². The van der Waals surface area contributed by atoms with Crippen LogP contribution in [-0.4, -0.2) is 27.3 Å². The van der Waals surface area contributed by atoms with Crippen LogP contribution in [0.3, 0.4) is 0 Å². The Morgan fingerprint density at radius 3 is 2.60 bits per heavy atom. The number of carboxylic acid groups (broad SMARTS) is 1. The lowest BCUT2D eigenvalue weighted by Crippen LogP contribution is -2.60. The molecular weight excluding hydrogens is 332 g/mol. The maximum absolute atomic E-state index is 12.1. The van der Waals surface area contributed by atoms with E-state index in [-0.39, 0.29) is 10.8 Å². The van der Waals surface area contributed by atoms with E-state index in [0.29, 0.717) is 17.8 Å². The lowest BCUT2D eigenvalue weighted by atomic mass is 9.38. The molecule has 5 aliphatic rings. The lowest BCUT2D eigenvalue weighted by molar-refractivity contribution is -0.180. The van der Waals surface area contributed by atoms with Gasteiger partial charge in [0, 0.05) is 22.8 Å². The summed E-state index contributed by atoms with van der Waals surface area (Å²) in [6.07, 6.45) is 13.3. The van der Waals surface area contributed by atoms with Gasteiger partial charge in [-0.25, -0.2) is 0 Å². The predicted molar refractivity (Wildman–Crippen MR) is 101 cm³/mol. The zero-order chi connectivity index (χ0) is 18.0. The predicted octanol–water partition coefficient (Wildman–Crippen LogP) is 4.40. The zero-order valence-corrected chi connectivity index (χ0v) is 16.7. The minimum atomic E-state index is -0.763. The Labute approximate surface area is 154 Å². The number of rotatable bonds is 3. The van der Waals surface area contributed by atoms with Gasteiger partial charge in [0.05, 0.1) is 5.41 Å². The molecule has 0 aliphatic heterocycles. The Bertz CT molecular complexity index is 656. The summed E-state index contributed by atoms with van der Waals surface area (Å²) in [6, 6.07) is 0. The summed E-state index contributed by atoms with van der Waals surface area (Å²) >= 11 is 0. The molecule has 25 heavy (non-hydrogen) atoms. The number of hydrogen-bond acceptors (Lipinski definition) is 2. The van der Waals surface area contributed by atoms with Crippen molar-refractivity contribution < 1.29 is 14.1 Å². The summed E-state index contributed by atoms with van der Waals surface area (Å²) in [4.78, 5) is 12.1. The molecule has 0 aromatic rings. The highest BCUT2D eigenvalue weighted by Crippen LogP contribution is 2.70. The average molecular weight is 365 g/mol. The van der Waals surface area contributed by atoms with E-state index in [4.69, 9.17) is 0 Å². The molecule has 3 fully saturated rings. The Kier molecular flexibility index (Phi) is 4.03. The number of carboxylic acids is 1. The van der Waals surface area contributed by atoms with Crippen LogP contribution in [-0.2, 0) is 15.6 Å². The van der Waals surface area contributed by atoms with Crippen molar-refractivity contribution in [3.8, 4) is 0 Å². The molecule has 0 saturated heterocycles. The molecule has 140 valence electrons. The van der Waals surface area contributed by atoms with Gasteiger partial charge in [0.1, 0.15) is 0 Å². The van der Waals surface area contributed by atoms with Gasteiger partial charge >= 0.3 is 5.97 Å². The van der Waals surface area contributed by atoms with Crippen LogP contribution in [0, 0.1) is 34.0 Å². The molecule has 2 bridgehead atoms. The lowest BCUT2D eigenvalue weighted by Gasteiger charge is -2.66. The maximum Gasteiger partial charge on any atom is 0.309 e. The molecule has 0 heterocycles. The van der Waals surface area contributed by atoms with E-state index in [1.165, 1.54) is 31.3 Å². The molecule has 3 saturated carbocycles. The van der Waals surface area contributed by atoms with Gasteiger partial charge < -0.3 is 5.11 Å². The molecule has 4 heteroatoms. The molecule has 0 radical (unpaired) electrons. The first-order chi connectivity index (χ1) is 11.7. The van der Waals surface area contributed by atoms with Gasteiger partial charge in [0.15, 0.2) is 0 Å². The summed E-state index contributed by atoms with van der Waals surface area (Å²) in [5, 5.41) is 9.97. The molecule has 0 amide bonds. The molecule has 0 aromatic carbocycles. The van der Waals surface area contributed by atoms with Gasteiger partial charge in [-0.15, -0.1) is 0 Å². The van der Waals surface area contributed by atoms with Gasteiger partial charge in [-0.3, -0.25) is 9.00 Å². The summed E-state index contributed by atoms with van der Waals surface area (Å²) in [6.45, 7) is 4.42. The number of allylic oxidation sites excluding steroid dienone is 1. The standard InChI is InChI=1S/C21H32O3S/c1-19-7-4-8-20(2,18(22)23)16(19)6-10-21-9-5-14(11-17(19)21)15(12-21)13-25(3)24/h12,14,16-17H,4-11,13H2,1-3H3,(H,22,23)/t14-,16-,17-,19+,20+,21+,25?/m0/s1. The first-order valence-electron chi connectivity index (χ1n) is 9.96. The number of carbonyl (C=O) groups is 1. The minimum Gasteiger partial charge on any atom is -0.481 e. The minimum absolute atomic E-state index is 0.149. The van der Waals surface area contributed by atoms with Crippen LogP contribution < -0.4 is 0 Å². The molecule has 0 aromatic heterocycles. The normalized spacial score (nSPS) is 49.7. The van der Waals surface area contributed by atoms with Crippen molar-refractivity contribution >= 4 is 16.8 Å². The van der Waals surface area contributed by atoms with Crippen LogP contribution in [0.25, 0.3) is 0 Å². The molecule has 1 N–H and O–H groups in total. The Morgan fingerprint density at radius 2 is 1.92 bits per heavy atom. The van der Waals surface area contributed by atoms with Crippen molar-refractivity contribution in [1.82, 2.24) is 0 Å². The highest BCUT2D eigenvalue weighted by atomic mass is 32.2. The van der Waals surface area contributed by atoms with Crippen LogP contribution in [0.5, 0.6) is 0 Å². The van der Waals surface area contributed by atoms with Crippen molar-refractivity contribution in [2.75, 3.05) is 12.0 Å². The topological polar surface area (TPSA) is 54.4 Å². The van der Waals surface area contributed by atoms with Gasteiger partial charge in [-0.2, -0.15) is 0 Å². The Morgan fingerprint density at radius 1 is 1.20 bits per heavy atom. The van der Waals surface area contributed by atoms with Crippen molar-refractivity contribution in [2.24, 2.45) is 34.0 Å². The summed E-state index contributed by atoms with van der Waals surface area (Å²) in [5.41, 5.74) is 1.30. The fourth-order valence-corrected chi connectivity index (χ4v) is 8.38. The van der Waals surface area contributed by atoms with Crippen LogP contribution in [0.4, 0.5) is 0 Å². The second-order valence-corrected chi connectivity index (χ2v) is 11.3. The van der Waals surface area contributed by atoms with E-state index >= 15 is 0 Å². The van der Waals surface area contributed by atoms with E-state index in [2.05, 4.69) is 13.0 Å². The molecule has 3 nitrogen and oxygen atoms in total. The van der Waals surface area contributed by atoms with Gasteiger partial charge in [0.2, 0.25) is 0 Å². The van der Waals surface area contributed by atoms with Gasteiger partial charge in [0.25, 0.3) is 0 Å². The second-order valence-electron chi connectivity index (χ2n) is 9.87. The Balaban J connectivity index is 1.73. The van der Waals surface area contributed by atoms with Crippen molar-refractivity contribution in [1.29, 1.82) is 0 Å². The SMILES string of the molecule is CS(=O)CC1=C[C@]23CC[C@H]1C[C@H]2[C@]1(C)CCC[C@@](C)(C(=O)O)[C@H]1CC3. The number of hydrogen-bond donors (Lipinski definition) is 1. The van der Waals surface area contributed by atoms with Crippen LogP contribution >= 0.6 is 0 Å². The Hall–Kier alpha value is -0.640. The number of fused-ring (bicyclic) bond motifs is 2. The van der Waals surface area contributed by atoms with E-state index in [1.807, 2.05) is 13.2 Å². The highest BCUT2D eigenvalue weighted by Gasteiger charge is 2.64. The maximum atomic E-state index is 12.1. The summed E-state index contributed by atoms with van der Waals surface area (Å²) < 4.78 is 11.8. The average Bonchev–Trinajstić information content (AvgIpc) is 2.53. The monoisotopic (exact) mass is 364 g/mol. The summed E-state index contributed by atoms with van der Waals surface area (Å²) in [5.74, 6) is 1.66. The molecule has 5 aliphatic carbocycles. The number of aliphatic carboxylic acids is 1. The first kappa shape index (κ1) is 17.8. The van der Waals surface area contributed by atoms with Gasteiger partial charge in [-0.1, -0.05) is 25.0 Å². The zero-order valence-electron chi connectivity index (χ0n) is 15.8. The summed E-state index contributed by atoms with van der Waals surface area (Å²) in [7, 11) is -0.763. The van der Waals surface area contributed by atoms with Crippen LogP contribution in [0.15, 0.2) is 11.6 Å². The molecule has 7 atom stereocenters. The fourth-order valence-electron chi connectivity index (χ4n) is 7.59. The molecule has 1 unspecified atom stereocenters. The quantitative estimate of drug-likeness (QED) is 0.755. The largest absolute Gasteiger partial charge is 0.481 e. The fraction of sp³-hybridized carbons (Fsp3) is 0.857. The highest BCUT2D eigenvalue weighted by molar-refractivity contribution is 7.84. The second kappa shape index (κ2) is 5.68. The van der Waals surface area contributed by atoms with Crippen LogP contribution in [0.1, 0.15) is 65.2 Å². The van der Waals surface area contributed by atoms with E-state index in [0.717, 1.165) is 31.4 Å². The third-order valence-corrected chi connectivity index (χ3v) is 9.44. The first-order valence-corrected chi connectivity index (χ1v) is 11.7. The third-order valence-electron chi connectivity index (χ3n) is 8.70. The molecule has 1 spiro atoms. The van der Waals surface area contributed by atoms with Crippen molar-refractivity contribution in [3.05, 3.63) is 11.6 Å². The van der Waals surface area contributed by atoms with Gasteiger partial charge in [-0.05, 0) is 80.5 Å². The smallest absolute Gasteiger partial charge is 0.309 e. The van der Waals surface area contributed by atoms with E-state index in [9.17, 15) is 14.1 Å². The molecular formula is C21H32O3S. The van der Waals surface area contributed by atoms with Crippen molar-refractivity contribution in [3.63, 3.8) is 0 Å². The van der Waals surface area contributed by atoms with E-state index in [1.54, 1.807) is 0 Å². The van der Waals surface area contributed by atoms with Crippen LogP contribution in [0.2, 0.25) is 0 Å².